The van der Waals surface area contributed by atoms with Gasteiger partial charge in [-0.3, -0.25) is 0 Å². The third-order valence-electron chi connectivity index (χ3n) is 5.35. The maximum absolute atomic E-state index is 6.22. The molecule has 1 heterocycles. The van der Waals surface area contributed by atoms with Crippen LogP contribution in [0.2, 0.25) is 0 Å². The molecule has 0 aromatic carbocycles. The molecule has 0 radical (unpaired) electrons. The van der Waals surface area contributed by atoms with Crippen molar-refractivity contribution in [2.24, 2.45) is 17.3 Å². The van der Waals surface area contributed by atoms with Crippen molar-refractivity contribution in [2.75, 3.05) is 0 Å². The van der Waals surface area contributed by atoms with Gasteiger partial charge in [-0.25, -0.2) is 0 Å². The molecule has 1 saturated heterocycles. The van der Waals surface area contributed by atoms with Crippen molar-refractivity contribution in [3.63, 3.8) is 0 Å². The molecular formula is C17H31BrO. The lowest BCUT2D eigenvalue weighted by atomic mass is 9.66. The first kappa shape index (κ1) is 15.8. The van der Waals surface area contributed by atoms with Gasteiger partial charge in [-0.2, -0.15) is 0 Å². The van der Waals surface area contributed by atoms with E-state index in [9.17, 15) is 0 Å². The van der Waals surface area contributed by atoms with Crippen molar-refractivity contribution >= 4 is 15.9 Å². The van der Waals surface area contributed by atoms with Gasteiger partial charge in [-0.15, -0.1) is 0 Å². The van der Waals surface area contributed by atoms with Crippen LogP contribution < -0.4 is 0 Å². The first-order valence-corrected chi connectivity index (χ1v) is 8.93. The molecule has 1 aliphatic heterocycles. The molecule has 0 aromatic heterocycles. The largest absolute Gasteiger partial charge is 0.372 e. The average molecular weight is 331 g/mol. The molecule has 2 aliphatic rings. The van der Waals surface area contributed by atoms with Crippen molar-refractivity contribution in [2.45, 2.75) is 89.7 Å². The van der Waals surface area contributed by atoms with Crippen LogP contribution in [-0.4, -0.2) is 16.5 Å². The molecule has 2 fully saturated rings. The Bertz CT molecular complexity index is 310. The van der Waals surface area contributed by atoms with E-state index in [1.54, 1.807) is 0 Å². The van der Waals surface area contributed by atoms with Gasteiger partial charge in [0.2, 0.25) is 0 Å². The Morgan fingerprint density at radius 3 is 2.42 bits per heavy atom. The molecule has 0 amide bonds. The van der Waals surface area contributed by atoms with E-state index in [0.29, 0.717) is 16.3 Å². The predicted octanol–water partition coefficient (Wildman–Crippen LogP) is 5.56. The van der Waals surface area contributed by atoms with Gasteiger partial charge in [-0.1, -0.05) is 43.1 Å². The minimum atomic E-state index is 0.107. The second-order valence-electron chi connectivity index (χ2n) is 8.27. The highest BCUT2D eigenvalue weighted by atomic mass is 79.9. The molecule has 112 valence electrons. The zero-order chi connectivity index (χ0) is 14.3. The van der Waals surface area contributed by atoms with Crippen LogP contribution in [0.5, 0.6) is 0 Å². The molecule has 4 atom stereocenters. The number of rotatable bonds is 3. The zero-order valence-corrected chi connectivity index (χ0v) is 14.9. The van der Waals surface area contributed by atoms with E-state index < -0.39 is 0 Å². The number of ether oxygens (including phenoxy) is 1. The quantitative estimate of drug-likeness (QED) is 0.615. The lowest BCUT2D eigenvalue weighted by molar-refractivity contribution is -0.0414. The Balaban J connectivity index is 1.94. The first-order chi connectivity index (χ1) is 8.70. The van der Waals surface area contributed by atoms with E-state index in [4.69, 9.17) is 4.74 Å². The van der Waals surface area contributed by atoms with Gasteiger partial charge in [-0.05, 0) is 63.2 Å². The highest BCUT2D eigenvalue weighted by Crippen LogP contribution is 2.47. The summed E-state index contributed by atoms with van der Waals surface area (Å²) in [5.74, 6) is 1.69. The molecular weight excluding hydrogens is 300 g/mol. The second-order valence-corrected chi connectivity index (χ2v) is 9.45. The second kappa shape index (κ2) is 5.67. The summed E-state index contributed by atoms with van der Waals surface area (Å²) in [5.41, 5.74) is 0.495. The number of halogens is 1. The fourth-order valence-electron chi connectivity index (χ4n) is 4.15. The third-order valence-corrected chi connectivity index (χ3v) is 6.36. The van der Waals surface area contributed by atoms with Crippen molar-refractivity contribution in [1.29, 1.82) is 0 Å². The first-order valence-electron chi connectivity index (χ1n) is 8.01. The summed E-state index contributed by atoms with van der Waals surface area (Å²) in [4.78, 5) is 0.695. The highest BCUT2D eigenvalue weighted by Gasteiger charge is 2.41. The summed E-state index contributed by atoms with van der Waals surface area (Å²) in [6.07, 6.45) is 8.26. The normalized spacial score (nSPS) is 39.5. The van der Waals surface area contributed by atoms with E-state index in [1.807, 2.05) is 0 Å². The van der Waals surface area contributed by atoms with Gasteiger partial charge in [0.15, 0.2) is 0 Å². The molecule has 0 N–H and O–H groups in total. The fourth-order valence-corrected chi connectivity index (χ4v) is 5.77. The maximum atomic E-state index is 6.22. The van der Waals surface area contributed by atoms with Crippen molar-refractivity contribution < 1.29 is 4.74 Å². The van der Waals surface area contributed by atoms with Gasteiger partial charge in [0, 0.05) is 4.83 Å². The molecule has 2 heteroatoms. The summed E-state index contributed by atoms with van der Waals surface area (Å²) in [7, 11) is 0. The minimum Gasteiger partial charge on any atom is -0.372 e. The van der Waals surface area contributed by atoms with Gasteiger partial charge in [0.1, 0.15) is 0 Å². The maximum Gasteiger partial charge on any atom is 0.0631 e. The molecule has 19 heavy (non-hydrogen) atoms. The summed E-state index contributed by atoms with van der Waals surface area (Å²) < 4.78 is 6.22. The highest BCUT2D eigenvalue weighted by molar-refractivity contribution is 9.09. The van der Waals surface area contributed by atoms with Crippen LogP contribution in [0, 0.1) is 17.3 Å². The molecule has 1 aliphatic carbocycles. The van der Waals surface area contributed by atoms with Gasteiger partial charge >= 0.3 is 0 Å². The summed E-state index contributed by atoms with van der Waals surface area (Å²) in [5, 5.41) is 0. The third kappa shape index (κ3) is 3.97. The van der Waals surface area contributed by atoms with Crippen LogP contribution >= 0.6 is 15.9 Å². The van der Waals surface area contributed by atoms with Crippen molar-refractivity contribution in [3.05, 3.63) is 0 Å². The van der Waals surface area contributed by atoms with Crippen LogP contribution in [0.4, 0.5) is 0 Å². The minimum absolute atomic E-state index is 0.107. The Morgan fingerprint density at radius 2 is 1.89 bits per heavy atom. The SMILES string of the molecule is CC1CCC(C(C)(C)CC2CCC(C)(C)O2)C(Br)C1. The number of alkyl halides is 1. The number of hydrogen-bond acceptors (Lipinski definition) is 1. The van der Waals surface area contributed by atoms with Crippen LogP contribution in [0.1, 0.15) is 73.1 Å². The molecule has 0 bridgehead atoms. The Labute approximate surface area is 128 Å². The van der Waals surface area contributed by atoms with E-state index in [0.717, 1.165) is 11.8 Å². The van der Waals surface area contributed by atoms with Crippen LogP contribution in [-0.2, 0) is 4.74 Å². The lowest BCUT2D eigenvalue weighted by Gasteiger charge is -2.43. The number of hydrogen-bond donors (Lipinski definition) is 0. The van der Waals surface area contributed by atoms with Crippen LogP contribution in [0.3, 0.4) is 0 Å². The molecule has 0 aromatic rings. The summed E-state index contributed by atoms with van der Waals surface area (Å²) in [6, 6.07) is 0. The molecule has 2 rings (SSSR count). The fraction of sp³-hybridized carbons (Fsp3) is 1.00. The Kier molecular flexibility index (Phi) is 4.72. The Morgan fingerprint density at radius 1 is 1.21 bits per heavy atom. The molecule has 4 unspecified atom stereocenters. The van der Waals surface area contributed by atoms with Gasteiger partial charge in [0.05, 0.1) is 11.7 Å². The molecule has 1 nitrogen and oxygen atoms in total. The topological polar surface area (TPSA) is 9.23 Å². The van der Waals surface area contributed by atoms with Crippen LogP contribution in [0.15, 0.2) is 0 Å². The summed E-state index contributed by atoms with van der Waals surface area (Å²) in [6.45, 7) is 11.8. The van der Waals surface area contributed by atoms with Crippen LogP contribution in [0.25, 0.3) is 0 Å². The van der Waals surface area contributed by atoms with E-state index in [-0.39, 0.29) is 5.60 Å². The summed E-state index contributed by atoms with van der Waals surface area (Å²) >= 11 is 3.96. The van der Waals surface area contributed by atoms with Crippen molar-refractivity contribution in [1.82, 2.24) is 0 Å². The van der Waals surface area contributed by atoms with Crippen molar-refractivity contribution in [3.8, 4) is 0 Å². The van der Waals surface area contributed by atoms with E-state index >= 15 is 0 Å². The molecule has 0 spiro atoms. The zero-order valence-electron chi connectivity index (χ0n) is 13.3. The van der Waals surface area contributed by atoms with Gasteiger partial charge in [0.25, 0.3) is 0 Å². The monoisotopic (exact) mass is 330 g/mol. The van der Waals surface area contributed by atoms with E-state index in [2.05, 4.69) is 50.5 Å². The van der Waals surface area contributed by atoms with Gasteiger partial charge < -0.3 is 4.74 Å². The lowest BCUT2D eigenvalue weighted by Crippen LogP contribution is -2.38. The molecule has 1 saturated carbocycles. The average Bonchev–Trinajstić information content (AvgIpc) is 2.56. The predicted molar refractivity (Wildman–Crippen MR) is 85.8 cm³/mol. The smallest absolute Gasteiger partial charge is 0.0631 e. The van der Waals surface area contributed by atoms with E-state index in [1.165, 1.54) is 38.5 Å². The standard InChI is InChI=1S/C17H31BrO/c1-12-6-7-14(15(18)10-12)16(2,3)11-13-8-9-17(4,5)19-13/h12-15H,6-11H2,1-5H3. The Hall–Kier alpha value is 0.440.